The zero-order valence-electron chi connectivity index (χ0n) is 11.1. The first-order valence-corrected chi connectivity index (χ1v) is 6.80. The highest BCUT2D eigenvalue weighted by atomic mass is 16.4. The van der Waals surface area contributed by atoms with E-state index < -0.39 is 5.97 Å². The Morgan fingerprint density at radius 3 is 2.85 bits per heavy atom. The zero-order chi connectivity index (χ0) is 13.9. The third-order valence-corrected chi connectivity index (χ3v) is 3.68. The minimum atomic E-state index is -0.913. The van der Waals surface area contributed by atoms with Gasteiger partial charge >= 0.3 is 5.97 Å². The Labute approximate surface area is 117 Å². The van der Waals surface area contributed by atoms with Gasteiger partial charge in [-0.25, -0.2) is 4.79 Å². The van der Waals surface area contributed by atoms with Crippen LogP contribution in [0.3, 0.4) is 0 Å². The lowest BCUT2D eigenvalue weighted by molar-refractivity contribution is 0.0697. The molecular weight excluding hydrogens is 252 g/mol. The van der Waals surface area contributed by atoms with Gasteiger partial charge in [0.15, 0.2) is 0 Å². The van der Waals surface area contributed by atoms with Crippen LogP contribution in [0.25, 0.3) is 0 Å². The number of nitrogens with zero attached hydrogens (tertiary/aromatic N) is 2. The minimum absolute atomic E-state index is 0.303. The molecule has 1 aromatic carbocycles. The number of fused-ring (bicyclic) bond motifs is 1. The van der Waals surface area contributed by atoms with Gasteiger partial charge in [0.2, 0.25) is 0 Å². The molecule has 4 heteroatoms. The number of carbonyl (C=O) groups is 1. The number of carboxylic acid groups (broad SMARTS) is 1. The van der Waals surface area contributed by atoms with E-state index in [0.29, 0.717) is 11.3 Å². The lowest BCUT2D eigenvalue weighted by Gasteiger charge is -2.26. The zero-order valence-corrected chi connectivity index (χ0v) is 11.1. The van der Waals surface area contributed by atoms with Crippen molar-refractivity contribution in [1.29, 1.82) is 0 Å². The van der Waals surface area contributed by atoms with Crippen molar-refractivity contribution in [3.05, 3.63) is 53.9 Å². The molecule has 1 aromatic heterocycles. The molecule has 1 aliphatic heterocycles. The number of carboxylic acids is 1. The molecule has 0 aliphatic carbocycles. The SMILES string of the molecule is O=C(O)c1ccncc1N1CCCCc2ccccc21. The van der Waals surface area contributed by atoms with Crippen LogP contribution < -0.4 is 4.90 Å². The molecule has 4 nitrogen and oxygen atoms in total. The number of aromatic carboxylic acids is 1. The summed E-state index contributed by atoms with van der Waals surface area (Å²) in [6.45, 7) is 0.822. The van der Waals surface area contributed by atoms with Crippen LogP contribution >= 0.6 is 0 Å². The van der Waals surface area contributed by atoms with Crippen molar-refractivity contribution in [2.45, 2.75) is 19.3 Å². The lowest BCUT2D eigenvalue weighted by Crippen LogP contribution is -2.20. The van der Waals surface area contributed by atoms with Gasteiger partial charge in [0.25, 0.3) is 0 Å². The van der Waals surface area contributed by atoms with Crippen LogP contribution in [0.15, 0.2) is 42.7 Å². The summed E-state index contributed by atoms with van der Waals surface area (Å²) in [5.74, 6) is -0.913. The molecule has 20 heavy (non-hydrogen) atoms. The van der Waals surface area contributed by atoms with Crippen LogP contribution in [0.2, 0.25) is 0 Å². The number of anilines is 2. The molecule has 0 saturated heterocycles. The van der Waals surface area contributed by atoms with Crippen molar-refractivity contribution in [1.82, 2.24) is 4.98 Å². The minimum Gasteiger partial charge on any atom is -0.478 e. The lowest BCUT2D eigenvalue weighted by atomic mass is 10.1. The highest BCUT2D eigenvalue weighted by Crippen LogP contribution is 2.33. The van der Waals surface area contributed by atoms with Crippen LogP contribution in [-0.4, -0.2) is 22.6 Å². The van der Waals surface area contributed by atoms with E-state index in [1.54, 1.807) is 12.3 Å². The van der Waals surface area contributed by atoms with Crippen molar-refractivity contribution in [2.75, 3.05) is 11.4 Å². The molecule has 102 valence electrons. The largest absolute Gasteiger partial charge is 0.478 e. The molecule has 0 spiro atoms. The van der Waals surface area contributed by atoms with Crippen molar-refractivity contribution in [2.24, 2.45) is 0 Å². The van der Waals surface area contributed by atoms with E-state index in [1.165, 1.54) is 11.8 Å². The fourth-order valence-electron chi connectivity index (χ4n) is 2.72. The molecule has 0 fully saturated rings. The van der Waals surface area contributed by atoms with Crippen molar-refractivity contribution in [3.63, 3.8) is 0 Å². The number of aryl methyl sites for hydroxylation is 1. The van der Waals surface area contributed by atoms with E-state index in [-0.39, 0.29) is 0 Å². The Morgan fingerprint density at radius 2 is 2.00 bits per heavy atom. The summed E-state index contributed by atoms with van der Waals surface area (Å²) in [5.41, 5.74) is 3.34. The maximum atomic E-state index is 11.4. The van der Waals surface area contributed by atoms with Gasteiger partial charge in [-0.15, -0.1) is 0 Å². The van der Waals surface area contributed by atoms with Crippen LogP contribution in [0.4, 0.5) is 11.4 Å². The molecular formula is C16H16N2O2. The Hall–Kier alpha value is -2.36. The quantitative estimate of drug-likeness (QED) is 0.908. The molecule has 0 radical (unpaired) electrons. The Bertz CT molecular complexity index is 640. The third-order valence-electron chi connectivity index (χ3n) is 3.68. The van der Waals surface area contributed by atoms with Crippen LogP contribution in [0.5, 0.6) is 0 Å². The predicted molar refractivity (Wildman–Crippen MR) is 77.6 cm³/mol. The summed E-state index contributed by atoms with van der Waals surface area (Å²) < 4.78 is 0. The second-order valence-corrected chi connectivity index (χ2v) is 4.94. The van der Waals surface area contributed by atoms with Gasteiger partial charge in [-0.05, 0) is 37.0 Å². The maximum Gasteiger partial charge on any atom is 0.337 e. The topological polar surface area (TPSA) is 53.4 Å². The van der Waals surface area contributed by atoms with Crippen molar-refractivity contribution >= 4 is 17.3 Å². The number of aromatic nitrogens is 1. The molecule has 1 aliphatic rings. The fraction of sp³-hybridized carbons (Fsp3) is 0.250. The standard InChI is InChI=1S/C16H16N2O2/c19-16(20)13-8-9-17-11-15(13)18-10-4-3-6-12-5-1-2-7-14(12)18/h1-2,5,7-9,11H,3-4,6,10H2,(H,19,20). The summed E-state index contributed by atoms with van der Waals surface area (Å²) in [5, 5.41) is 9.36. The molecule has 3 rings (SSSR count). The number of pyridine rings is 1. The van der Waals surface area contributed by atoms with E-state index in [2.05, 4.69) is 22.0 Å². The van der Waals surface area contributed by atoms with Gasteiger partial charge in [0.1, 0.15) is 0 Å². The second-order valence-electron chi connectivity index (χ2n) is 4.94. The van der Waals surface area contributed by atoms with Crippen LogP contribution in [0, 0.1) is 0 Å². The van der Waals surface area contributed by atoms with Gasteiger partial charge in [-0.1, -0.05) is 18.2 Å². The van der Waals surface area contributed by atoms with Gasteiger partial charge in [-0.2, -0.15) is 0 Å². The molecule has 2 aromatic rings. The van der Waals surface area contributed by atoms with Crippen molar-refractivity contribution < 1.29 is 9.90 Å². The number of hydrogen-bond acceptors (Lipinski definition) is 3. The second kappa shape index (κ2) is 5.33. The average Bonchev–Trinajstić information content (AvgIpc) is 2.69. The first-order chi connectivity index (χ1) is 9.77. The average molecular weight is 268 g/mol. The normalized spacial score (nSPS) is 14.5. The van der Waals surface area contributed by atoms with Gasteiger partial charge in [0, 0.05) is 18.4 Å². The summed E-state index contributed by atoms with van der Waals surface area (Å²) in [7, 11) is 0. The molecule has 2 heterocycles. The van der Waals surface area contributed by atoms with Gasteiger partial charge in [-0.3, -0.25) is 4.98 Å². The monoisotopic (exact) mass is 268 g/mol. The number of benzene rings is 1. The predicted octanol–water partition coefficient (Wildman–Crippen LogP) is 3.25. The first kappa shape index (κ1) is 12.7. The van der Waals surface area contributed by atoms with Crippen molar-refractivity contribution in [3.8, 4) is 0 Å². The molecule has 0 bridgehead atoms. The van der Waals surface area contributed by atoms with Gasteiger partial charge in [0.05, 0.1) is 17.4 Å². The molecule has 0 saturated carbocycles. The maximum absolute atomic E-state index is 11.4. The summed E-state index contributed by atoms with van der Waals surface area (Å²) in [6, 6.07) is 9.76. The van der Waals surface area contributed by atoms with Gasteiger partial charge < -0.3 is 10.0 Å². The van der Waals surface area contributed by atoms with E-state index in [9.17, 15) is 9.90 Å². The molecule has 0 amide bonds. The molecule has 1 N–H and O–H groups in total. The van der Waals surface area contributed by atoms with E-state index in [4.69, 9.17) is 0 Å². The van der Waals surface area contributed by atoms with Crippen LogP contribution in [0.1, 0.15) is 28.8 Å². The summed E-state index contributed by atoms with van der Waals surface area (Å²) >= 11 is 0. The molecule has 0 atom stereocenters. The van der Waals surface area contributed by atoms with Crippen LogP contribution in [-0.2, 0) is 6.42 Å². The first-order valence-electron chi connectivity index (χ1n) is 6.80. The Kier molecular flexibility index (Phi) is 3.37. The highest BCUT2D eigenvalue weighted by molar-refractivity contribution is 5.95. The summed E-state index contributed by atoms with van der Waals surface area (Å²) in [6.07, 6.45) is 6.37. The Morgan fingerprint density at radius 1 is 1.15 bits per heavy atom. The highest BCUT2D eigenvalue weighted by Gasteiger charge is 2.21. The number of rotatable bonds is 2. The van der Waals surface area contributed by atoms with E-state index in [1.807, 2.05) is 12.1 Å². The van der Waals surface area contributed by atoms with E-state index >= 15 is 0 Å². The molecule has 0 unspecified atom stereocenters. The number of para-hydroxylation sites is 1. The fourth-order valence-corrected chi connectivity index (χ4v) is 2.72. The smallest absolute Gasteiger partial charge is 0.337 e. The summed E-state index contributed by atoms with van der Waals surface area (Å²) in [4.78, 5) is 17.6. The van der Waals surface area contributed by atoms with E-state index in [0.717, 1.165) is 31.5 Å². The third kappa shape index (κ3) is 2.25. The number of hydrogen-bond donors (Lipinski definition) is 1. The Balaban J connectivity index is 2.13.